The van der Waals surface area contributed by atoms with Gasteiger partial charge in [0, 0.05) is 5.25 Å². The monoisotopic (exact) mass is 275 g/mol. The van der Waals surface area contributed by atoms with Crippen molar-refractivity contribution in [3.8, 4) is 11.8 Å². The maximum Gasteiger partial charge on any atom is 0.119 e. The average molecular weight is 275 g/mol. The Kier molecular flexibility index (Phi) is 6.10. The van der Waals surface area contributed by atoms with E-state index >= 15 is 0 Å². The van der Waals surface area contributed by atoms with Gasteiger partial charge in [0.25, 0.3) is 0 Å². The second kappa shape index (κ2) is 8.12. The van der Waals surface area contributed by atoms with Gasteiger partial charge in [0.15, 0.2) is 0 Å². The fourth-order valence-electron chi connectivity index (χ4n) is 2.36. The van der Waals surface area contributed by atoms with E-state index in [0.717, 1.165) is 24.0 Å². The van der Waals surface area contributed by atoms with Crippen LogP contribution in [0.15, 0.2) is 24.3 Å². The number of benzene rings is 1. The Morgan fingerprint density at radius 3 is 2.58 bits per heavy atom. The van der Waals surface area contributed by atoms with E-state index in [0.29, 0.717) is 5.56 Å². The highest BCUT2D eigenvalue weighted by molar-refractivity contribution is 7.99. The van der Waals surface area contributed by atoms with E-state index < -0.39 is 0 Å². The van der Waals surface area contributed by atoms with E-state index in [2.05, 4.69) is 17.8 Å². The quantitative estimate of drug-likeness (QED) is 0.722. The summed E-state index contributed by atoms with van der Waals surface area (Å²) in [6, 6.07) is 9.44. The SMILES string of the molecule is N#Cc1ccc(OCCCSC2CCCCC2)cc1. The van der Waals surface area contributed by atoms with Crippen molar-refractivity contribution in [2.75, 3.05) is 12.4 Å². The van der Waals surface area contributed by atoms with Crippen LogP contribution in [0.25, 0.3) is 0 Å². The molecule has 19 heavy (non-hydrogen) atoms. The molecule has 0 saturated heterocycles. The number of nitriles is 1. The van der Waals surface area contributed by atoms with Gasteiger partial charge >= 0.3 is 0 Å². The van der Waals surface area contributed by atoms with Gasteiger partial charge in [-0.25, -0.2) is 0 Å². The molecule has 0 aromatic heterocycles. The van der Waals surface area contributed by atoms with Crippen molar-refractivity contribution in [2.24, 2.45) is 0 Å². The summed E-state index contributed by atoms with van der Waals surface area (Å²) in [5.41, 5.74) is 0.681. The number of rotatable bonds is 6. The molecule has 0 radical (unpaired) electrons. The van der Waals surface area contributed by atoms with Crippen molar-refractivity contribution in [2.45, 2.75) is 43.8 Å². The molecule has 1 aromatic rings. The van der Waals surface area contributed by atoms with Gasteiger partial charge in [-0.05, 0) is 49.3 Å². The van der Waals surface area contributed by atoms with Crippen LogP contribution in [-0.4, -0.2) is 17.6 Å². The predicted octanol–water partition coefficient (Wildman–Crippen LogP) is 4.39. The Morgan fingerprint density at radius 2 is 1.89 bits per heavy atom. The molecule has 0 amide bonds. The molecule has 1 aromatic carbocycles. The summed E-state index contributed by atoms with van der Waals surface area (Å²) in [7, 11) is 0. The van der Waals surface area contributed by atoms with Crippen LogP contribution < -0.4 is 4.74 Å². The number of hydrogen-bond acceptors (Lipinski definition) is 3. The molecule has 0 unspecified atom stereocenters. The van der Waals surface area contributed by atoms with E-state index in [1.54, 1.807) is 12.1 Å². The lowest BCUT2D eigenvalue weighted by molar-refractivity contribution is 0.318. The van der Waals surface area contributed by atoms with Crippen LogP contribution in [-0.2, 0) is 0 Å². The standard InChI is InChI=1S/C16H21NOS/c17-13-14-7-9-15(10-8-14)18-11-4-12-19-16-5-2-1-3-6-16/h7-10,16H,1-6,11-12H2. The Morgan fingerprint density at radius 1 is 1.16 bits per heavy atom. The minimum atomic E-state index is 0.681. The summed E-state index contributed by atoms with van der Waals surface area (Å²) in [5, 5.41) is 9.60. The summed E-state index contributed by atoms with van der Waals surface area (Å²) >= 11 is 2.12. The second-order valence-corrected chi connectivity index (χ2v) is 6.38. The topological polar surface area (TPSA) is 33.0 Å². The van der Waals surface area contributed by atoms with Crippen LogP contribution in [0.4, 0.5) is 0 Å². The van der Waals surface area contributed by atoms with Crippen molar-refractivity contribution in [3.63, 3.8) is 0 Å². The van der Waals surface area contributed by atoms with E-state index in [1.807, 2.05) is 12.1 Å². The van der Waals surface area contributed by atoms with Gasteiger partial charge in [-0.2, -0.15) is 17.0 Å². The van der Waals surface area contributed by atoms with Gasteiger partial charge in [-0.1, -0.05) is 19.3 Å². The molecule has 0 aliphatic heterocycles. The van der Waals surface area contributed by atoms with Gasteiger partial charge in [-0.3, -0.25) is 0 Å². The lowest BCUT2D eigenvalue weighted by atomic mass is 10.0. The third-order valence-corrected chi connectivity index (χ3v) is 4.91. The van der Waals surface area contributed by atoms with Crippen LogP contribution in [0.3, 0.4) is 0 Å². The highest BCUT2D eigenvalue weighted by Crippen LogP contribution is 2.28. The zero-order valence-corrected chi connectivity index (χ0v) is 12.1. The van der Waals surface area contributed by atoms with Gasteiger partial charge in [0.1, 0.15) is 5.75 Å². The van der Waals surface area contributed by atoms with Crippen LogP contribution in [0.5, 0.6) is 5.75 Å². The molecule has 1 aliphatic rings. The molecular formula is C16H21NOS. The first-order valence-electron chi connectivity index (χ1n) is 7.13. The number of hydrogen-bond donors (Lipinski definition) is 0. The fourth-order valence-corrected chi connectivity index (χ4v) is 3.64. The van der Waals surface area contributed by atoms with Crippen molar-refractivity contribution in [1.82, 2.24) is 0 Å². The first-order chi connectivity index (χ1) is 9.38. The highest BCUT2D eigenvalue weighted by atomic mass is 32.2. The smallest absolute Gasteiger partial charge is 0.119 e. The zero-order valence-electron chi connectivity index (χ0n) is 11.3. The van der Waals surface area contributed by atoms with Crippen LogP contribution in [0, 0.1) is 11.3 Å². The van der Waals surface area contributed by atoms with Crippen molar-refractivity contribution < 1.29 is 4.74 Å². The molecule has 1 saturated carbocycles. The van der Waals surface area contributed by atoms with Crippen LogP contribution in [0.1, 0.15) is 44.1 Å². The zero-order chi connectivity index (χ0) is 13.3. The van der Waals surface area contributed by atoms with E-state index in [4.69, 9.17) is 10.00 Å². The van der Waals surface area contributed by atoms with Crippen molar-refractivity contribution in [1.29, 1.82) is 5.26 Å². The van der Waals surface area contributed by atoms with Crippen LogP contribution in [0.2, 0.25) is 0 Å². The second-order valence-electron chi connectivity index (χ2n) is 4.97. The summed E-state index contributed by atoms with van der Waals surface area (Å²) in [5.74, 6) is 2.06. The molecule has 1 aliphatic carbocycles. The fraction of sp³-hybridized carbons (Fsp3) is 0.562. The summed E-state index contributed by atoms with van der Waals surface area (Å²) < 4.78 is 5.67. The predicted molar refractivity (Wildman–Crippen MR) is 80.6 cm³/mol. The Bertz CT molecular complexity index is 404. The molecule has 0 atom stereocenters. The Balaban J connectivity index is 1.57. The normalized spacial score (nSPS) is 15.9. The number of nitrogens with zero attached hydrogens (tertiary/aromatic N) is 1. The third kappa shape index (κ3) is 5.16. The third-order valence-electron chi connectivity index (χ3n) is 3.45. The Hall–Kier alpha value is -1.14. The molecule has 0 spiro atoms. The first kappa shape index (κ1) is 14.3. The molecule has 0 N–H and O–H groups in total. The molecule has 2 rings (SSSR count). The Labute approximate surface area is 120 Å². The maximum atomic E-state index is 8.70. The highest BCUT2D eigenvalue weighted by Gasteiger charge is 2.12. The summed E-state index contributed by atoms with van der Waals surface area (Å²) in [4.78, 5) is 0. The van der Waals surface area contributed by atoms with Gasteiger partial charge in [0.2, 0.25) is 0 Å². The lowest BCUT2D eigenvalue weighted by Gasteiger charge is -2.20. The molecule has 2 nitrogen and oxygen atoms in total. The molecular weight excluding hydrogens is 254 g/mol. The van der Waals surface area contributed by atoms with Crippen molar-refractivity contribution in [3.05, 3.63) is 29.8 Å². The molecule has 1 fully saturated rings. The molecule has 102 valence electrons. The van der Waals surface area contributed by atoms with Crippen molar-refractivity contribution >= 4 is 11.8 Å². The summed E-state index contributed by atoms with van der Waals surface area (Å²) in [6.45, 7) is 0.769. The average Bonchev–Trinajstić information content (AvgIpc) is 2.49. The number of thioether (sulfide) groups is 1. The maximum absolute atomic E-state index is 8.70. The molecule has 0 heterocycles. The summed E-state index contributed by atoms with van der Waals surface area (Å²) in [6.07, 6.45) is 8.17. The largest absolute Gasteiger partial charge is 0.494 e. The van der Waals surface area contributed by atoms with E-state index in [9.17, 15) is 0 Å². The molecule has 0 bridgehead atoms. The minimum absolute atomic E-state index is 0.681. The van der Waals surface area contributed by atoms with E-state index in [1.165, 1.54) is 37.9 Å². The van der Waals surface area contributed by atoms with Gasteiger partial charge < -0.3 is 4.74 Å². The van der Waals surface area contributed by atoms with Gasteiger partial charge in [-0.15, -0.1) is 0 Å². The lowest BCUT2D eigenvalue weighted by Crippen LogP contribution is -2.09. The number of ether oxygens (including phenoxy) is 1. The first-order valence-corrected chi connectivity index (χ1v) is 8.18. The van der Waals surface area contributed by atoms with E-state index in [-0.39, 0.29) is 0 Å². The van der Waals surface area contributed by atoms with Gasteiger partial charge in [0.05, 0.1) is 18.2 Å². The van der Waals surface area contributed by atoms with Crippen LogP contribution >= 0.6 is 11.8 Å². The molecule has 3 heteroatoms. The minimum Gasteiger partial charge on any atom is -0.494 e.